The van der Waals surface area contributed by atoms with Crippen molar-refractivity contribution in [2.24, 2.45) is 0 Å². The minimum Gasteiger partial charge on any atom is -0.508 e. The Morgan fingerprint density at radius 2 is 1.52 bits per heavy atom. The third-order valence-electron chi connectivity index (χ3n) is 3.41. The standard InChI is InChI=1S/C17H13NO3/c19-13-8-6-12(7-9-13)15-14(16(20)18-17(15)21)10-11-4-2-1-3-5-11/h1-9,19H,10H2,(H,18,20,21). The van der Waals surface area contributed by atoms with Crippen molar-refractivity contribution >= 4 is 17.4 Å². The van der Waals surface area contributed by atoms with Crippen molar-refractivity contribution in [3.05, 3.63) is 71.3 Å². The number of nitrogens with one attached hydrogen (secondary N) is 1. The smallest absolute Gasteiger partial charge is 0.259 e. The first-order chi connectivity index (χ1) is 10.1. The molecule has 0 aliphatic carbocycles. The van der Waals surface area contributed by atoms with Crippen LogP contribution in [0, 0.1) is 0 Å². The Bertz CT molecular complexity index is 730. The summed E-state index contributed by atoms with van der Waals surface area (Å²) in [5.41, 5.74) is 2.43. The third kappa shape index (κ3) is 2.56. The van der Waals surface area contributed by atoms with Crippen molar-refractivity contribution in [2.75, 3.05) is 0 Å². The molecular weight excluding hydrogens is 266 g/mol. The van der Waals surface area contributed by atoms with E-state index in [-0.39, 0.29) is 11.7 Å². The van der Waals surface area contributed by atoms with E-state index >= 15 is 0 Å². The number of benzene rings is 2. The van der Waals surface area contributed by atoms with Crippen molar-refractivity contribution in [2.45, 2.75) is 6.42 Å². The van der Waals surface area contributed by atoms with E-state index in [0.29, 0.717) is 23.1 Å². The second-order valence-electron chi connectivity index (χ2n) is 4.85. The third-order valence-corrected chi connectivity index (χ3v) is 3.41. The highest BCUT2D eigenvalue weighted by Gasteiger charge is 2.30. The van der Waals surface area contributed by atoms with Crippen LogP contribution in [0.5, 0.6) is 5.75 Å². The molecule has 2 N–H and O–H groups in total. The van der Waals surface area contributed by atoms with Crippen LogP contribution in [0.3, 0.4) is 0 Å². The maximum absolute atomic E-state index is 12.0. The van der Waals surface area contributed by atoms with Crippen LogP contribution in [-0.2, 0) is 16.0 Å². The molecule has 0 atom stereocenters. The second-order valence-corrected chi connectivity index (χ2v) is 4.85. The molecule has 1 aliphatic heterocycles. The molecule has 2 aromatic carbocycles. The topological polar surface area (TPSA) is 66.4 Å². The lowest BCUT2D eigenvalue weighted by Crippen LogP contribution is -2.23. The largest absolute Gasteiger partial charge is 0.508 e. The molecule has 4 nitrogen and oxygen atoms in total. The number of carbonyl (C=O) groups is 2. The molecule has 21 heavy (non-hydrogen) atoms. The van der Waals surface area contributed by atoms with Gasteiger partial charge in [-0.2, -0.15) is 0 Å². The number of carbonyl (C=O) groups excluding carboxylic acids is 2. The zero-order chi connectivity index (χ0) is 14.8. The van der Waals surface area contributed by atoms with E-state index < -0.39 is 5.91 Å². The Kier molecular flexibility index (Phi) is 3.28. The number of rotatable bonds is 3. The Morgan fingerprint density at radius 3 is 2.19 bits per heavy atom. The van der Waals surface area contributed by atoms with Gasteiger partial charge >= 0.3 is 0 Å². The van der Waals surface area contributed by atoms with Crippen LogP contribution in [-0.4, -0.2) is 16.9 Å². The summed E-state index contributed by atoms with van der Waals surface area (Å²) >= 11 is 0. The van der Waals surface area contributed by atoms with Gasteiger partial charge in [-0.25, -0.2) is 0 Å². The van der Waals surface area contributed by atoms with Gasteiger partial charge < -0.3 is 5.11 Å². The van der Waals surface area contributed by atoms with Crippen molar-refractivity contribution in [3.8, 4) is 5.75 Å². The summed E-state index contributed by atoms with van der Waals surface area (Å²) in [7, 11) is 0. The van der Waals surface area contributed by atoms with Gasteiger partial charge in [-0.3, -0.25) is 14.9 Å². The average Bonchev–Trinajstić information content (AvgIpc) is 2.76. The van der Waals surface area contributed by atoms with E-state index in [9.17, 15) is 14.7 Å². The highest BCUT2D eigenvalue weighted by atomic mass is 16.3. The van der Waals surface area contributed by atoms with Crippen LogP contribution in [0.1, 0.15) is 11.1 Å². The summed E-state index contributed by atoms with van der Waals surface area (Å²) in [6.45, 7) is 0. The molecule has 2 aromatic rings. The first kappa shape index (κ1) is 13.1. The lowest BCUT2D eigenvalue weighted by molar-refractivity contribution is -0.123. The lowest BCUT2D eigenvalue weighted by atomic mass is 9.96. The minimum absolute atomic E-state index is 0.119. The molecule has 2 amide bonds. The Labute approximate surface area is 121 Å². The number of amides is 2. The Hall–Kier alpha value is -2.88. The number of hydrogen-bond donors (Lipinski definition) is 2. The van der Waals surface area contributed by atoms with Crippen LogP contribution in [0.15, 0.2) is 60.2 Å². The maximum Gasteiger partial charge on any atom is 0.259 e. The Balaban J connectivity index is 2.05. The highest BCUT2D eigenvalue weighted by molar-refractivity contribution is 6.36. The predicted octanol–water partition coefficient (Wildman–Crippen LogP) is 2.04. The molecule has 0 spiro atoms. The second kappa shape index (κ2) is 5.25. The molecule has 0 aromatic heterocycles. The summed E-state index contributed by atoms with van der Waals surface area (Å²) in [5.74, 6) is -0.628. The summed E-state index contributed by atoms with van der Waals surface area (Å²) in [6.07, 6.45) is 0.397. The van der Waals surface area contributed by atoms with Gasteiger partial charge in [0.2, 0.25) is 0 Å². The van der Waals surface area contributed by atoms with Crippen LogP contribution in [0.2, 0.25) is 0 Å². The van der Waals surface area contributed by atoms with Gasteiger partial charge in [0.1, 0.15) is 5.75 Å². The van der Waals surface area contributed by atoms with Crippen molar-refractivity contribution in [1.82, 2.24) is 5.32 Å². The van der Waals surface area contributed by atoms with E-state index in [0.717, 1.165) is 5.56 Å². The monoisotopic (exact) mass is 279 g/mol. The molecule has 104 valence electrons. The lowest BCUT2D eigenvalue weighted by Gasteiger charge is -2.05. The van der Waals surface area contributed by atoms with E-state index in [2.05, 4.69) is 5.32 Å². The fourth-order valence-electron chi connectivity index (χ4n) is 2.39. The summed E-state index contributed by atoms with van der Waals surface area (Å²) in [6, 6.07) is 15.8. The fraction of sp³-hybridized carbons (Fsp3) is 0.0588. The molecule has 0 saturated heterocycles. The van der Waals surface area contributed by atoms with Gasteiger partial charge in [-0.1, -0.05) is 42.5 Å². The van der Waals surface area contributed by atoms with Crippen molar-refractivity contribution in [3.63, 3.8) is 0 Å². The first-order valence-corrected chi connectivity index (χ1v) is 6.57. The van der Waals surface area contributed by atoms with Gasteiger partial charge in [0.05, 0.1) is 5.57 Å². The normalized spacial score (nSPS) is 14.5. The van der Waals surface area contributed by atoms with Gasteiger partial charge in [-0.05, 0) is 23.3 Å². The number of aromatic hydroxyl groups is 1. The average molecular weight is 279 g/mol. The van der Waals surface area contributed by atoms with Crippen LogP contribution < -0.4 is 5.32 Å². The van der Waals surface area contributed by atoms with Crippen LogP contribution in [0.25, 0.3) is 5.57 Å². The molecule has 1 aliphatic rings. The molecule has 4 heteroatoms. The maximum atomic E-state index is 12.0. The van der Waals surface area contributed by atoms with Crippen LogP contribution in [0.4, 0.5) is 0 Å². The van der Waals surface area contributed by atoms with E-state index in [1.807, 2.05) is 30.3 Å². The molecule has 0 radical (unpaired) electrons. The number of phenolic OH excluding ortho intramolecular Hbond substituents is 1. The summed E-state index contributed by atoms with van der Waals surface area (Å²) < 4.78 is 0. The van der Waals surface area contributed by atoms with Gasteiger partial charge in [0, 0.05) is 12.0 Å². The van der Waals surface area contributed by atoms with Crippen LogP contribution >= 0.6 is 0 Å². The summed E-state index contributed by atoms with van der Waals surface area (Å²) in [5, 5.41) is 11.7. The van der Waals surface area contributed by atoms with E-state index in [4.69, 9.17) is 0 Å². The first-order valence-electron chi connectivity index (χ1n) is 6.57. The molecule has 3 rings (SSSR count). The van der Waals surface area contributed by atoms with Gasteiger partial charge in [-0.15, -0.1) is 0 Å². The minimum atomic E-state index is -0.392. The van der Waals surface area contributed by atoms with Crippen molar-refractivity contribution < 1.29 is 14.7 Å². The molecule has 0 bridgehead atoms. The molecule has 0 unspecified atom stereocenters. The predicted molar refractivity (Wildman–Crippen MR) is 78.3 cm³/mol. The zero-order valence-corrected chi connectivity index (χ0v) is 11.2. The zero-order valence-electron chi connectivity index (χ0n) is 11.2. The molecule has 0 fully saturated rings. The van der Waals surface area contributed by atoms with E-state index in [1.165, 1.54) is 12.1 Å². The number of phenols is 1. The van der Waals surface area contributed by atoms with Crippen molar-refractivity contribution in [1.29, 1.82) is 0 Å². The fourth-order valence-corrected chi connectivity index (χ4v) is 2.39. The molecule has 0 saturated carbocycles. The SMILES string of the molecule is O=C1NC(=O)C(c2ccc(O)cc2)=C1Cc1ccccc1. The molecule has 1 heterocycles. The Morgan fingerprint density at radius 1 is 0.857 bits per heavy atom. The molecular formula is C17H13NO3. The number of hydrogen-bond acceptors (Lipinski definition) is 3. The highest BCUT2D eigenvalue weighted by Crippen LogP contribution is 2.27. The van der Waals surface area contributed by atoms with Gasteiger partial charge in [0.25, 0.3) is 11.8 Å². The summed E-state index contributed by atoms with van der Waals surface area (Å²) in [4.78, 5) is 24.0. The van der Waals surface area contributed by atoms with E-state index in [1.54, 1.807) is 12.1 Å². The number of imide groups is 1. The van der Waals surface area contributed by atoms with Gasteiger partial charge in [0.15, 0.2) is 0 Å². The quantitative estimate of drug-likeness (QED) is 0.845.